The number of benzene rings is 1. The van der Waals surface area contributed by atoms with Crippen molar-refractivity contribution in [1.29, 1.82) is 0 Å². The van der Waals surface area contributed by atoms with Gasteiger partial charge in [-0.15, -0.1) is 0 Å². The molecule has 18 heavy (non-hydrogen) atoms. The van der Waals surface area contributed by atoms with Gasteiger partial charge in [0.1, 0.15) is 12.1 Å². The van der Waals surface area contributed by atoms with Crippen LogP contribution in [-0.2, 0) is 0 Å². The molecular formula is C13H17N3O2. The molecule has 0 aliphatic rings. The van der Waals surface area contributed by atoms with Gasteiger partial charge in [0.25, 0.3) is 0 Å². The lowest BCUT2D eigenvalue weighted by atomic mass is 10.2. The molecule has 0 saturated heterocycles. The highest BCUT2D eigenvalue weighted by atomic mass is 16.5. The van der Waals surface area contributed by atoms with Gasteiger partial charge in [0, 0.05) is 6.07 Å². The molecule has 0 fully saturated rings. The number of likely N-dealkylation sites (N-methyl/N-ethyl adjacent to an activating group) is 1. The Morgan fingerprint density at radius 1 is 1.44 bits per heavy atom. The summed E-state index contributed by atoms with van der Waals surface area (Å²) in [6.07, 6.45) is 1.56. The molecule has 0 aliphatic carbocycles. The van der Waals surface area contributed by atoms with Crippen molar-refractivity contribution in [3.05, 3.63) is 24.5 Å². The Labute approximate surface area is 106 Å². The molecule has 2 aromatic rings. The summed E-state index contributed by atoms with van der Waals surface area (Å²) in [5.74, 6) is 0.713. The Kier molecular flexibility index (Phi) is 3.34. The molecule has 0 N–H and O–H groups in total. The fourth-order valence-corrected chi connectivity index (χ4v) is 1.71. The summed E-state index contributed by atoms with van der Waals surface area (Å²) >= 11 is 0. The molecule has 1 unspecified atom stereocenters. The van der Waals surface area contributed by atoms with E-state index in [-0.39, 0.29) is 11.9 Å². The molecule has 1 heterocycles. The minimum absolute atomic E-state index is 0.00393. The van der Waals surface area contributed by atoms with Gasteiger partial charge in [-0.25, -0.2) is 4.98 Å². The second-order valence-corrected chi connectivity index (χ2v) is 4.45. The van der Waals surface area contributed by atoms with E-state index in [2.05, 4.69) is 4.98 Å². The molecule has 0 spiro atoms. The molecule has 0 radical (unpaired) electrons. The smallest absolute Gasteiger partial charge is 0.249 e. The molecule has 1 aromatic heterocycles. The predicted molar refractivity (Wildman–Crippen MR) is 70.1 cm³/mol. The van der Waals surface area contributed by atoms with E-state index in [9.17, 15) is 4.79 Å². The van der Waals surface area contributed by atoms with Gasteiger partial charge >= 0.3 is 0 Å². The topological polar surface area (TPSA) is 47.4 Å². The van der Waals surface area contributed by atoms with Gasteiger partial charge in [-0.2, -0.15) is 0 Å². The van der Waals surface area contributed by atoms with E-state index in [1.807, 2.05) is 44.1 Å². The van der Waals surface area contributed by atoms with Gasteiger partial charge < -0.3 is 4.74 Å². The first kappa shape index (κ1) is 12.6. The highest BCUT2D eigenvalue weighted by Gasteiger charge is 2.19. The maximum atomic E-state index is 12.3. The molecule has 2 rings (SSSR count). The van der Waals surface area contributed by atoms with E-state index >= 15 is 0 Å². The maximum Gasteiger partial charge on any atom is 0.249 e. The SMILES string of the molecule is COc1ccc2ncn(C(=O)C(C)N(C)C)c2c1. The summed E-state index contributed by atoms with van der Waals surface area (Å²) in [7, 11) is 5.36. The molecule has 0 saturated carbocycles. The molecule has 1 atom stereocenters. The van der Waals surface area contributed by atoms with Gasteiger partial charge in [0.15, 0.2) is 0 Å². The first-order chi connectivity index (χ1) is 8.54. The van der Waals surface area contributed by atoms with E-state index in [0.29, 0.717) is 0 Å². The predicted octanol–water partition coefficient (Wildman–Crippen LogP) is 1.64. The van der Waals surface area contributed by atoms with E-state index in [1.165, 1.54) is 0 Å². The van der Waals surface area contributed by atoms with Crippen LogP contribution in [0.1, 0.15) is 11.7 Å². The zero-order chi connectivity index (χ0) is 13.3. The van der Waals surface area contributed by atoms with Gasteiger partial charge in [0.2, 0.25) is 5.91 Å². The number of hydrogen-bond donors (Lipinski definition) is 0. The second-order valence-electron chi connectivity index (χ2n) is 4.45. The number of aromatic nitrogens is 2. The highest BCUT2D eigenvalue weighted by Crippen LogP contribution is 2.20. The average molecular weight is 247 g/mol. The zero-order valence-corrected chi connectivity index (χ0v) is 11.0. The van der Waals surface area contributed by atoms with Crippen LogP contribution in [0.15, 0.2) is 24.5 Å². The number of fused-ring (bicyclic) bond motifs is 1. The lowest BCUT2D eigenvalue weighted by Crippen LogP contribution is -2.36. The standard InChI is InChI=1S/C13H17N3O2/c1-9(15(2)3)13(17)16-8-14-11-6-5-10(18-4)7-12(11)16/h5-9H,1-4H3. The van der Waals surface area contributed by atoms with Crippen LogP contribution in [0.2, 0.25) is 0 Å². The van der Waals surface area contributed by atoms with Crippen molar-refractivity contribution in [2.45, 2.75) is 13.0 Å². The number of hydrogen-bond acceptors (Lipinski definition) is 4. The van der Waals surface area contributed by atoms with E-state index in [1.54, 1.807) is 18.0 Å². The number of rotatable bonds is 3. The largest absolute Gasteiger partial charge is 0.497 e. The van der Waals surface area contributed by atoms with Crippen LogP contribution in [0.25, 0.3) is 11.0 Å². The van der Waals surface area contributed by atoms with Crippen LogP contribution in [-0.4, -0.2) is 47.6 Å². The lowest BCUT2D eigenvalue weighted by Gasteiger charge is -2.18. The monoisotopic (exact) mass is 247 g/mol. The van der Waals surface area contributed by atoms with Crippen molar-refractivity contribution >= 4 is 16.9 Å². The number of ether oxygens (including phenoxy) is 1. The van der Waals surface area contributed by atoms with Crippen molar-refractivity contribution in [2.75, 3.05) is 21.2 Å². The third-order valence-electron chi connectivity index (χ3n) is 3.12. The van der Waals surface area contributed by atoms with E-state index in [4.69, 9.17) is 4.74 Å². The molecule has 1 aromatic carbocycles. The van der Waals surface area contributed by atoms with Gasteiger partial charge in [-0.05, 0) is 33.2 Å². The highest BCUT2D eigenvalue weighted by molar-refractivity contribution is 5.93. The quantitative estimate of drug-likeness (QED) is 0.827. The van der Waals surface area contributed by atoms with E-state index < -0.39 is 0 Å². The van der Waals surface area contributed by atoms with Crippen molar-refractivity contribution in [3.63, 3.8) is 0 Å². The van der Waals surface area contributed by atoms with Crippen LogP contribution >= 0.6 is 0 Å². The first-order valence-electron chi connectivity index (χ1n) is 5.76. The van der Waals surface area contributed by atoms with Crippen molar-refractivity contribution in [1.82, 2.24) is 14.5 Å². The zero-order valence-electron chi connectivity index (χ0n) is 11.0. The minimum atomic E-state index is -0.200. The summed E-state index contributed by atoms with van der Waals surface area (Å²) in [5.41, 5.74) is 1.56. The van der Waals surface area contributed by atoms with Gasteiger partial charge in [-0.1, -0.05) is 0 Å². The average Bonchev–Trinajstić information content (AvgIpc) is 2.79. The summed E-state index contributed by atoms with van der Waals surface area (Å²) < 4.78 is 6.74. The van der Waals surface area contributed by atoms with Crippen LogP contribution in [0.5, 0.6) is 5.75 Å². The van der Waals surface area contributed by atoms with Crippen molar-refractivity contribution in [2.24, 2.45) is 0 Å². The molecule has 0 amide bonds. The first-order valence-corrected chi connectivity index (χ1v) is 5.76. The normalized spacial score (nSPS) is 12.9. The summed E-state index contributed by atoms with van der Waals surface area (Å²) in [5, 5.41) is 0. The van der Waals surface area contributed by atoms with Gasteiger partial charge in [-0.3, -0.25) is 14.3 Å². The summed E-state index contributed by atoms with van der Waals surface area (Å²) in [4.78, 5) is 18.4. The number of carbonyl (C=O) groups is 1. The summed E-state index contributed by atoms with van der Waals surface area (Å²) in [6.45, 7) is 1.87. The Morgan fingerprint density at radius 2 is 2.17 bits per heavy atom. The molecular weight excluding hydrogens is 230 g/mol. The number of methoxy groups -OCH3 is 1. The van der Waals surface area contributed by atoms with Crippen LogP contribution in [0, 0.1) is 0 Å². The maximum absolute atomic E-state index is 12.3. The van der Waals surface area contributed by atoms with E-state index in [0.717, 1.165) is 16.8 Å². The Balaban J connectivity index is 2.48. The second kappa shape index (κ2) is 4.78. The van der Waals surface area contributed by atoms with Crippen molar-refractivity contribution < 1.29 is 9.53 Å². The van der Waals surface area contributed by atoms with Crippen LogP contribution in [0.4, 0.5) is 0 Å². The lowest BCUT2D eigenvalue weighted by molar-refractivity contribution is 0.0809. The van der Waals surface area contributed by atoms with Crippen molar-refractivity contribution in [3.8, 4) is 5.75 Å². The molecule has 0 bridgehead atoms. The Morgan fingerprint density at radius 3 is 2.78 bits per heavy atom. The molecule has 5 nitrogen and oxygen atoms in total. The fourth-order valence-electron chi connectivity index (χ4n) is 1.71. The molecule has 96 valence electrons. The third-order valence-corrected chi connectivity index (χ3v) is 3.12. The fraction of sp³-hybridized carbons (Fsp3) is 0.385. The summed E-state index contributed by atoms with van der Waals surface area (Å²) in [6, 6.07) is 5.30. The molecule has 0 aliphatic heterocycles. The number of nitrogens with zero attached hydrogens (tertiary/aromatic N) is 3. The minimum Gasteiger partial charge on any atom is -0.497 e. The number of carbonyl (C=O) groups excluding carboxylic acids is 1. The van der Waals surface area contributed by atoms with Crippen LogP contribution < -0.4 is 4.74 Å². The Bertz CT molecular complexity index is 575. The molecule has 5 heteroatoms. The van der Waals surface area contributed by atoms with Crippen LogP contribution in [0.3, 0.4) is 0 Å². The third kappa shape index (κ3) is 2.09. The Hall–Kier alpha value is -1.88. The van der Waals surface area contributed by atoms with Gasteiger partial charge in [0.05, 0.1) is 24.2 Å². The number of imidazole rings is 1.